The summed E-state index contributed by atoms with van der Waals surface area (Å²) in [5.74, 6) is 1.58. The lowest BCUT2D eigenvalue weighted by molar-refractivity contribution is -0.384. The predicted octanol–water partition coefficient (Wildman–Crippen LogP) is 3.51. The zero-order valence-electron chi connectivity index (χ0n) is 17.3. The summed E-state index contributed by atoms with van der Waals surface area (Å²) in [6, 6.07) is 10.3. The molecule has 3 rings (SSSR count). The van der Waals surface area contributed by atoms with Gasteiger partial charge < -0.3 is 20.9 Å². The second-order valence-electron chi connectivity index (χ2n) is 6.88. The molecule has 1 aromatic carbocycles. The first kappa shape index (κ1) is 24.9. The lowest BCUT2D eigenvalue weighted by Gasteiger charge is -2.20. The SMILES string of the molecule is CCNC(=NCCNc1ccc([N+](=O)[O-])cc1)NC1CCN(c2ncccc2Cl)C1.I. The molecule has 0 aliphatic carbocycles. The van der Waals surface area contributed by atoms with Crippen molar-refractivity contribution in [2.75, 3.05) is 42.9 Å². The third-order valence-electron chi connectivity index (χ3n) is 4.70. The van der Waals surface area contributed by atoms with E-state index in [2.05, 4.69) is 30.8 Å². The van der Waals surface area contributed by atoms with Gasteiger partial charge >= 0.3 is 0 Å². The number of guanidine groups is 1. The van der Waals surface area contributed by atoms with Gasteiger partial charge in [0, 0.05) is 56.2 Å². The van der Waals surface area contributed by atoms with Gasteiger partial charge in [0.1, 0.15) is 5.82 Å². The van der Waals surface area contributed by atoms with Gasteiger partial charge in [0.2, 0.25) is 0 Å². The molecule has 1 unspecified atom stereocenters. The quantitative estimate of drug-likeness (QED) is 0.113. The molecule has 0 radical (unpaired) electrons. The molecule has 11 heteroatoms. The fraction of sp³-hybridized carbons (Fsp3) is 0.400. The number of nitrogens with zero attached hydrogens (tertiary/aromatic N) is 4. The first-order valence-corrected chi connectivity index (χ1v) is 10.3. The van der Waals surface area contributed by atoms with Crippen molar-refractivity contribution in [2.45, 2.75) is 19.4 Å². The van der Waals surface area contributed by atoms with Gasteiger partial charge in [-0.15, -0.1) is 24.0 Å². The van der Waals surface area contributed by atoms with E-state index in [0.29, 0.717) is 18.1 Å². The molecule has 2 heterocycles. The third kappa shape index (κ3) is 7.39. The van der Waals surface area contributed by atoms with Crippen molar-refractivity contribution in [3.8, 4) is 0 Å². The molecule has 0 spiro atoms. The number of pyridine rings is 1. The number of halogens is 2. The molecular formula is C20H27ClIN7O2. The molecule has 3 N–H and O–H groups in total. The minimum absolute atomic E-state index is 0. The number of benzene rings is 1. The molecule has 31 heavy (non-hydrogen) atoms. The summed E-state index contributed by atoms with van der Waals surface area (Å²) >= 11 is 6.27. The topological polar surface area (TPSA) is 108 Å². The number of hydrogen-bond acceptors (Lipinski definition) is 6. The number of nitro benzene ring substituents is 1. The normalized spacial score (nSPS) is 15.9. The van der Waals surface area contributed by atoms with Crippen LogP contribution in [0.5, 0.6) is 0 Å². The third-order valence-corrected chi connectivity index (χ3v) is 5.00. The maximum absolute atomic E-state index is 10.7. The molecule has 1 aliphatic rings. The van der Waals surface area contributed by atoms with Crippen LogP contribution in [0.1, 0.15) is 13.3 Å². The fourth-order valence-electron chi connectivity index (χ4n) is 3.26. The summed E-state index contributed by atoms with van der Waals surface area (Å²) in [6.45, 7) is 5.67. The van der Waals surface area contributed by atoms with E-state index < -0.39 is 4.92 Å². The zero-order chi connectivity index (χ0) is 21.3. The Labute approximate surface area is 203 Å². The van der Waals surface area contributed by atoms with Crippen molar-refractivity contribution in [1.82, 2.24) is 15.6 Å². The van der Waals surface area contributed by atoms with Gasteiger partial charge in [0.25, 0.3) is 5.69 Å². The summed E-state index contributed by atoms with van der Waals surface area (Å²) in [5.41, 5.74) is 0.905. The van der Waals surface area contributed by atoms with E-state index in [1.165, 1.54) is 12.1 Å². The van der Waals surface area contributed by atoms with Crippen LogP contribution < -0.4 is 20.9 Å². The van der Waals surface area contributed by atoms with Gasteiger partial charge in [-0.25, -0.2) is 4.98 Å². The molecule has 1 aromatic heterocycles. The van der Waals surface area contributed by atoms with Gasteiger partial charge in [0.05, 0.1) is 16.5 Å². The van der Waals surface area contributed by atoms with E-state index in [0.717, 1.165) is 43.5 Å². The van der Waals surface area contributed by atoms with Crippen molar-refractivity contribution in [2.24, 2.45) is 4.99 Å². The Morgan fingerprint density at radius 1 is 1.35 bits per heavy atom. The zero-order valence-corrected chi connectivity index (χ0v) is 20.3. The van der Waals surface area contributed by atoms with Crippen LogP contribution in [0.3, 0.4) is 0 Å². The number of anilines is 2. The molecule has 0 amide bonds. The lowest BCUT2D eigenvalue weighted by Crippen LogP contribution is -2.44. The van der Waals surface area contributed by atoms with Crippen molar-refractivity contribution in [3.63, 3.8) is 0 Å². The van der Waals surface area contributed by atoms with Crippen LogP contribution in [0, 0.1) is 10.1 Å². The first-order valence-electron chi connectivity index (χ1n) is 9.95. The van der Waals surface area contributed by atoms with E-state index in [1.54, 1.807) is 18.3 Å². The van der Waals surface area contributed by atoms with Gasteiger partial charge in [-0.1, -0.05) is 11.6 Å². The van der Waals surface area contributed by atoms with Crippen molar-refractivity contribution in [3.05, 3.63) is 57.7 Å². The summed E-state index contributed by atoms with van der Waals surface area (Å²) in [4.78, 5) is 21.5. The Morgan fingerprint density at radius 2 is 2.13 bits per heavy atom. The number of hydrogen-bond donors (Lipinski definition) is 3. The maximum Gasteiger partial charge on any atom is 0.269 e. The molecule has 2 aromatic rings. The molecule has 1 atom stereocenters. The Bertz CT molecular complexity index is 882. The minimum Gasteiger partial charge on any atom is -0.383 e. The van der Waals surface area contributed by atoms with E-state index >= 15 is 0 Å². The highest BCUT2D eigenvalue weighted by Gasteiger charge is 2.25. The summed E-state index contributed by atoms with van der Waals surface area (Å²) in [7, 11) is 0. The van der Waals surface area contributed by atoms with Crippen LogP contribution in [0.15, 0.2) is 47.6 Å². The van der Waals surface area contributed by atoms with Gasteiger partial charge in [-0.2, -0.15) is 0 Å². The summed E-state index contributed by atoms with van der Waals surface area (Å²) < 4.78 is 0. The summed E-state index contributed by atoms with van der Waals surface area (Å²) in [5, 5.41) is 21.3. The number of aliphatic imine (C=N–C) groups is 1. The lowest BCUT2D eigenvalue weighted by atomic mass is 10.3. The van der Waals surface area contributed by atoms with Crippen LogP contribution in [-0.4, -0.2) is 54.6 Å². The Hall–Kier alpha value is -2.34. The van der Waals surface area contributed by atoms with E-state index in [1.807, 2.05) is 19.1 Å². The largest absolute Gasteiger partial charge is 0.383 e. The number of rotatable bonds is 8. The van der Waals surface area contributed by atoms with E-state index in [-0.39, 0.29) is 35.7 Å². The number of non-ortho nitro benzene ring substituents is 1. The molecular weight excluding hydrogens is 533 g/mol. The molecule has 0 saturated carbocycles. The molecule has 1 saturated heterocycles. The van der Waals surface area contributed by atoms with Crippen LogP contribution in [0.25, 0.3) is 0 Å². The Kier molecular flexibility index (Phi) is 10.0. The fourth-order valence-corrected chi connectivity index (χ4v) is 3.50. The number of nitro groups is 1. The highest BCUT2D eigenvalue weighted by molar-refractivity contribution is 14.0. The first-order chi connectivity index (χ1) is 14.6. The molecule has 0 bridgehead atoms. The number of aromatic nitrogens is 1. The van der Waals surface area contributed by atoms with Gasteiger partial charge in [0.15, 0.2) is 5.96 Å². The second kappa shape index (κ2) is 12.5. The average molecular weight is 560 g/mol. The predicted molar refractivity (Wildman–Crippen MR) is 136 cm³/mol. The minimum atomic E-state index is -0.408. The van der Waals surface area contributed by atoms with Crippen molar-refractivity contribution in [1.29, 1.82) is 0 Å². The average Bonchev–Trinajstić information content (AvgIpc) is 3.20. The molecule has 9 nitrogen and oxygen atoms in total. The summed E-state index contributed by atoms with van der Waals surface area (Å²) in [6.07, 6.45) is 2.73. The maximum atomic E-state index is 10.7. The Balaban J connectivity index is 0.00000341. The van der Waals surface area contributed by atoms with Crippen LogP contribution in [0.4, 0.5) is 17.2 Å². The molecule has 1 aliphatic heterocycles. The van der Waals surface area contributed by atoms with E-state index in [9.17, 15) is 10.1 Å². The van der Waals surface area contributed by atoms with Crippen molar-refractivity contribution >= 4 is 58.7 Å². The van der Waals surface area contributed by atoms with Gasteiger partial charge in [-0.3, -0.25) is 15.1 Å². The molecule has 168 valence electrons. The van der Waals surface area contributed by atoms with E-state index in [4.69, 9.17) is 11.6 Å². The van der Waals surface area contributed by atoms with Gasteiger partial charge in [-0.05, 0) is 37.6 Å². The Morgan fingerprint density at radius 3 is 2.81 bits per heavy atom. The van der Waals surface area contributed by atoms with Crippen LogP contribution >= 0.6 is 35.6 Å². The van der Waals surface area contributed by atoms with Crippen molar-refractivity contribution < 1.29 is 4.92 Å². The standard InChI is InChI=1S/C20H26ClN7O2.HI/c1-2-22-20(25-12-11-23-15-5-7-17(8-6-15)28(29)30)26-16-9-13-27(14-16)19-18(21)4-3-10-24-19;/h3-8,10,16,23H,2,9,11-14H2,1H3,(H2,22,25,26);1H. The highest BCUT2D eigenvalue weighted by atomic mass is 127. The van der Waals surface area contributed by atoms with Crippen LogP contribution in [-0.2, 0) is 0 Å². The number of nitrogens with one attached hydrogen (secondary N) is 3. The highest BCUT2D eigenvalue weighted by Crippen LogP contribution is 2.25. The second-order valence-corrected chi connectivity index (χ2v) is 7.28. The van der Waals surface area contributed by atoms with Crippen LogP contribution in [0.2, 0.25) is 5.02 Å². The molecule has 1 fully saturated rings. The monoisotopic (exact) mass is 559 g/mol. The smallest absolute Gasteiger partial charge is 0.269 e.